The average Bonchev–Trinajstić information content (AvgIpc) is 1.50. The molecule has 0 radical (unpaired) electrons. The van der Waals surface area contributed by atoms with Gasteiger partial charge >= 0.3 is 0 Å². The number of carbonyl (C=O) groups excluding carboxylic acids is 11. The first kappa shape index (κ1) is 86.1. The standard InChI is InChI=1S/C75H104N14O20/c1-3-42-106-47-48-107-43-40-86-33-25-79-70(99)55-13-6-11-53(64(55)93)68(97)77-23-31-85(32-24-78-69(98)54-12-7-14-56(65(54)94)71(100)80-26-34-86)38-39-88-37-29-83-73(102)58-16-8-15-57(66(58)95)72(101)81-27-35-87(41-44-108-49-50-109-46-45-105-2)36-28-82-74(103)59-17-9-18-60(67(59)96)75(104)84-52(51-88)10-4-5-22-76-61(90)21-30-89-62(91)19-20-63(89)92/h6-9,11-20,52,93-96H,3-5,10,21-51H2,1-2H3,(H,76,90)(H,77,97)(H,78,98)(H,79,99)(H,80,100)(H,81,101)(H,82,103)(H,83,102)(H,84,104). The molecule has 4 aromatic rings. The first-order chi connectivity index (χ1) is 52.8. The summed E-state index contributed by atoms with van der Waals surface area (Å²) in [6, 6.07) is 15.9. The number of amides is 11. The highest BCUT2D eigenvalue weighted by Gasteiger charge is 2.28. The maximum absolute atomic E-state index is 14.7. The van der Waals surface area contributed by atoms with Gasteiger partial charge in [0.05, 0.1) is 97.4 Å². The molecule has 109 heavy (non-hydrogen) atoms. The van der Waals surface area contributed by atoms with E-state index in [1.165, 1.54) is 72.8 Å². The second kappa shape index (κ2) is 46.9. The first-order valence-electron chi connectivity index (χ1n) is 36.8. The fourth-order valence-electron chi connectivity index (χ4n) is 12.0. The summed E-state index contributed by atoms with van der Waals surface area (Å²) in [5.74, 6) is -9.40. The molecule has 1 atom stereocenters. The summed E-state index contributed by atoms with van der Waals surface area (Å²) in [6.07, 6.45) is 3.94. The Bertz CT molecular complexity index is 3640. The van der Waals surface area contributed by atoms with E-state index in [9.17, 15) is 73.2 Å². The zero-order valence-corrected chi connectivity index (χ0v) is 62.0. The monoisotopic (exact) mass is 1520 g/mol. The van der Waals surface area contributed by atoms with E-state index in [1.807, 2.05) is 26.5 Å². The number of hydrogen-bond acceptors (Lipinski definition) is 24. The number of phenols is 4. The van der Waals surface area contributed by atoms with Gasteiger partial charge in [0, 0.05) is 176 Å². The fraction of sp³-hybridized carbons (Fsp3) is 0.507. The average molecular weight is 1520 g/mol. The van der Waals surface area contributed by atoms with Gasteiger partial charge in [-0.1, -0.05) is 31.2 Å². The largest absolute Gasteiger partial charge is 0.506 e. The number of phenolic OH excluding ortho intramolecular Hbond substituents is 4. The van der Waals surface area contributed by atoms with Crippen molar-refractivity contribution in [3.8, 4) is 23.0 Å². The molecule has 1 unspecified atom stereocenters. The third kappa shape index (κ3) is 28.4. The van der Waals surface area contributed by atoms with Gasteiger partial charge in [-0.25, -0.2) is 0 Å². The molecule has 11 amide bonds. The summed E-state index contributed by atoms with van der Waals surface area (Å²) >= 11 is 0. The topological polar surface area (TPSA) is 439 Å². The summed E-state index contributed by atoms with van der Waals surface area (Å²) < 4.78 is 27.6. The number of fused-ring (bicyclic) bond motifs is 8. The summed E-state index contributed by atoms with van der Waals surface area (Å²) in [7, 11) is 1.57. The van der Waals surface area contributed by atoms with Gasteiger partial charge in [-0.2, -0.15) is 0 Å². The molecule has 4 aromatic carbocycles. The number of hydrogen-bond donors (Lipinski definition) is 13. The molecule has 34 nitrogen and oxygen atoms in total. The van der Waals surface area contributed by atoms with Crippen LogP contribution in [0.3, 0.4) is 0 Å². The lowest BCUT2D eigenvalue weighted by Gasteiger charge is -2.31. The predicted molar refractivity (Wildman–Crippen MR) is 399 cm³/mol. The lowest BCUT2D eigenvalue weighted by molar-refractivity contribution is -0.137. The quantitative estimate of drug-likeness (QED) is 0.0258. The molecule has 3 aliphatic rings. The molecule has 0 fully saturated rings. The molecule has 7 rings (SSSR count). The highest BCUT2D eigenvalue weighted by molar-refractivity contribution is 6.13. The van der Waals surface area contributed by atoms with E-state index in [0.29, 0.717) is 78.8 Å². The molecule has 0 spiro atoms. The van der Waals surface area contributed by atoms with E-state index in [0.717, 1.165) is 23.5 Å². The van der Waals surface area contributed by atoms with Crippen LogP contribution in [0, 0.1) is 0 Å². The van der Waals surface area contributed by atoms with Crippen molar-refractivity contribution in [2.45, 2.75) is 45.1 Å². The van der Waals surface area contributed by atoms with Gasteiger partial charge in [0.25, 0.3) is 59.1 Å². The van der Waals surface area contributed by atoms with Gasteiger partial charge in [0.1, 0.15) is 23.0 Å². The third-order valence-electron chi connectivity index (χ3n) is 18.0. The van der Waals surface area contributed by atoms with E-state index in [1.54, 1.807) is 7.11 Å². The Morgan fingerprint density at radius 3 is 1.07 bits per heavy atom. The van der Waals surface area contributed by atoms with Crippen molar-refractivity contribution in [3.63, 3.8) is 0 Å². The fourth-order valence-corrected chi connectivity index (χ4v) is 12.0. The Morgan fingerprint density at radius 2 is 0.716 bits per heavy atom. The van der Waals surface area contributed by atoms with E-state index in [2.05, 4.69) is 47.9 Å². The van der Waals surface area contributed by atoms with Crippen LogP contribution in [-0.4, -0.2) is 320 Å². The number of imide groups is 1. The van der Waals surface area contributed by atoms with Gasteiger partial charge < -0.3 is 92.0 Å². The Hall–Kier alpha value is -10.2. The number of para-hydroxylation sites is 4. The number of methoxy groups -OCH3 is 1. The zero-order chi connectivity index (χ0) is 78.3. The third-order valence-corrected chi connectivity index (χ3v) is 18.0. The molecule has 8 bridgehead atoms. The van der Waals surface area contributed by atoms with Crippen molar-refractivity contribution in [1.82, 2.24) is 72.4 Å². The van der Waals surface area contributed by atoms with Crippen molar-refractivity contribution in [2.75, 3.05) is 204 Å². The molecule has 0 aliphatic carbocycles. The normalized spacial score (nSPS) is 17.6. The molecule has 0 saturated carbocycles. The van der Waals surface area contributed by atoms with Crippen molar-refractivity contribution in [3.05, 3.63) is 129 Å². The number of nitrogens with one attached hydrogen (secondary N) is 9. The van der Waals surface area contributed by atoms with E-state index in [4.69, 9.17) is 23.7 Å². The van der Waals surface area contributed by atoms with Crippen LogP contribution >= 0.6 is 0 Å². The highest BCUT2D eigenvalue weighted by Crippen LogP contribution is 2.27. The number of carbonyl (C=O) groups is 11. The summed E-state index contributed by atoms with van der Waals surface area (Å²) in [5.41, 5.74) is -1.53. The van der Waals surface area contributed by atoms with Gasteiger partial charge in [-0.05, 0) is 74.2 Å². The number of unbranched alkanes of at least 4 members (excludes halogenated alkanes) is 1. The van der Waals surface area contributed by atoms with Gasteiger partial charge in [-0.15, -0.1) is 0 Å². The molecule has 0 saturated heterocycles. The molecule has 594 valence electrons. The van der Waals surface area contributed by atoms with E-state index < -0.39 is 94.0 Å². The first-order valence-corrected chi connectivity index (χ1v) is 36.8. The van der Waals surface area contributed by atoms with Crippen LogP contribution in [0.5, 0.6) is 23.0 Å². The Kier molecular flexibility index (Phi) is 37.0. The van der Waals surface area contributed by atoms with Crippen LogP contribution < -0.4 is 47.9 Å². The van der Waals surface area contributed by atoms with Crippen LogP contribution in [0.2, 0.25) is 0 Å². The van der Waals surface area contributed by atoms with Crippen LogP contribution in [-0.2, 0) is 38.1 Å². The van der Waals surface area contributed by atoms with Crippen molar-refractivity contribution >= 4 is 65.0 Å². The number of nitrogens with zero attached hydrogens (tertiary/aromatic N) is 5. The summed E-state index contributed by atoms with van der Waals surface area (Å²) in [6.45, 7) is 7.76. The van der Waals surface area contributed by atoms with Crippen LogP contribution in [0.15, 0.2) is 84.9 Å². The van der Waals surface area contributed by atoms with Crippen LogP contribution in [0.1, 0.15) is 122 Å². The number of aromatic hydroxyl groups is 4. The second-order valence-electron chi connectivity index (χ2n) is 25.8. The number of benzene rings is 4. The maximum atomic E-state index is 14.7. The van der Waals surface area contributed by atoms with Gasteiger partial charge in [-0.3, -0.25) is 77.2 Å². The van der Waals surface area contributed by atoms with Crippen molar-refractivity contribution in [2.24, 2.45) is 0 Å². The summed E-state index contributed by atoms with van der Waals surface area (Å²) in [4.78, 5) is 158. The molecule has 3 heterocycles. The van der Waals surface area contributed by atoms with E-state index in [-0.39, 0.29) is 188 Å². The van der Waals surface area contributed by atoms with Crippen molar-refractivity contribution < 1.29 is 96.9 Å². The summed E-state index contributed by atoms with van der Waals surface area (Å²) in [5, 5.41) is 71.7. The smallest absolute Gasteiger partial charge is 0.255 e. The SMILES string of the molecule is CCCOCCOCCN1CCNC(=O)c2cccc(c2O)C(=O)NCCN(CCN2CCNC(=O)c3cccc(c3O)C(=O)NCCN(CCOCCOCCOC)CCNC(=O)c3cccc(c3O)C(=O)NC(CCCCNC(=O)CCN3C(=O)C=CC3=O)C2)CCNC(=O)c2cccc(c2O)C(=O)NCC1. The number of ether oxygens (including phenoxy) is 5. The zero-order valence-electron chi connectivity index (χ0n) is 62.0. The lowest BCUT2D eigenvalue weighted by Crippen LogP contribution is -2.49. The lowest BCUT2D eigenvalue weighted by atomic mass is 10.0. The Balaban J connectivity index is 1.14. The minimum absolute atomic E-state index is 0.0296. The van der Waals surface area contributed by atoms with Gasteiger partial charge in [0.2, 0.25) is 5.91 Å². The molecular weight excluding hydrogens is 1420 g/mol. The molecular formula is C75H104N14O20. The molecule has 13 N–H and O–H groups in total. The predicted octanol–water partition coefficient (Wildman–Crippen LogP) is -0.224. The van der Waals surface area contributed by atoms with Crippen molar-refractivity contribution in [1.29, 1.82) is 0 Å². The molecule has 0 aromatic heterocycles. The molecule has 3 aliphatic heterocycles. The van der Waals surface area contributed by atoms with Crippen LogP contribution in [0.4, 0.5) is 0 Å². The number of rotatable bonds is 28. The molecule has 34 heteroatoms. The van der Waals surface area contributed by atoms with E-state index >= 15 is 0 Å². The minimum atomic E-state index is -0.787. The second-order valence-corrected chi connectivity index (χ2v) is 25.8. The highest BCUT2D eigenvalue weighted by atomic mass is 16.5. The van der Waals surface area contributed by atoms with Gasteiger partial charge in [0.15, 0.2) is 0 Å². The Labute approximate surface area is 633 Å². The Morgan fingerprint density at radius 1 is 0.404 bits per heavy atom. The maximum Gasteiger partial charge on any atom is 0.255 e. The minimum Gasteiger partial charge on any atom is -0.506 e. The van der Waals surface area contributed by atoms with Crippen LogP contribution in [0.25, 0.3) is 0 Å².